The molecule has 25 heavy (non-hydrogen) atoms. The minimum atomic E-state index is -0.590. The van der Waals surface area contributed by atoms with Crippen molar-refractivity contribution in [3.8, 4) is 0 Å². The molecule has 140 valence electrons. The molecule has 0 heterocycles. The van der Waals surface area contributed by atoms with Crippen LogP contribution in [0.1, 0.15) is 58.8 Å². The van der Waals surface area contributed by atoms with Crippen LogP contribution in [-0.4, -0.2) is 36.9 Å². The summed E-state index contributed by atoms with van der Waals surface area (Å²) in [7, 11) is 0. The van der Waals surface area contributed by atoms with E-state index < -0.39 is 6.04 Å². The Kier molecular flexibility index (Phi) is 5.35. The van der Waals surface area contributed by atoms with Crippen molar-refractivity contribution in [1.29, 1.82) is 0 Å². The number of nitrogens with one attached hydrogen (secondary N) is 3. The first-order valence-corrected chi connectivity index (χ1v) is 9.73. The maximum atomic E-state index is 12.4. The van der Waals surface area contributed by atoms with Gasteiger partial charge in [-0.05, 0) is 75.5 Å². The summed E-state index contributed by atoms with van der Waals surface area (Å²) in [5.41, 5.74) is 0.184. The summed E-state index contributed by atoms with van der Waals surface area (Å²) in [6, 6.07) is -0.590. The predicted molar refractivity (Wildman–Crippen MR) is 94.5 cm³/mol. The number of carbonyl (C=O) groups is 3. The van der Waals surface area contributed by atoms with Crippen LogP contribution in [0.2, 0.25) is 0 Å². The largest absolute Gasteiger partial charge is 0.355 e. The molecule has 4 saturated carbocycles. The van der Waals surface area contributed by atoms with Gasteiger partial charge in [-0.25, -0.2) is 0 Å². The summed E-state index contributed by atoms with van der Waals surface area (Å²) < 4.78 is 0. The molecule has 0 unspecified atom stereocenters. The zero-order valence-electron chi connectivity index (χ0n) is 15.4. The minimum Gasteiger partial charge on any atom is -0.355 e. The van der Waals surface area contributed by atoms with Gasteiger partial charge in [0.15, 0.2) is 0 Å². The van der Waals surface area contributed by atoms with Gasteiger partial charge in [0, 0.05) is 13.0 Å². The van der Waals surface area contributed by atoms with Gasteiger partial charge in [-0.1, -0.05) is 0 Å². The molecule has 4 rings (SSSR count). The number of hydrogen-bond acceptors (Lipinski definition) is 3. The maximum Gasteiger partial charge on any atom is 0.242 e. The van der Waals surface area contributed by atoms with E-state index in [9.17, 15) is 14.4 Å². The summed E-state index contributed by atoms with van der Waals surface area (Å²) in [5, 5.41) is 8.02. The molecule has 4 fully saturated rings. The Balaban J connectivity index is 1.42. The van der Waals surface area contributed by atoms with Gasteiger partial charge in [-0.15, -0.1) is 0 Å². The van der Waals surface area contributed by atoms with E-state index in [-0.39, 0.29) is 29.7 Å². The minimum absolute atomic E-state index is 0.0252. The van der Waals surface area contributed by atoms with Crippen molar-refractivity contribution < 1.29 is 14.4 Å². The lowest BCUT2D eigenvalue weighted by atomic mass is 9.49. The Morgan fingerprint density at radius 1 is 0.960 bits per heavy atom. The fourth-order valence-corrected chi connectivity index (χ4v) is 5.77. The molecule has 0 spiro atoms. The Hall–Kier alpha value is -1.59. The Bertz CT molecular complexity index is 511. The highest BCUT2D eigenvalue weighted by Crippen LogP contribution is 2.61. The molecule has 3 amide bonds. The third-order valence-corrected chi connectivity index (χ3v) is 6.27. The lowest BCUT2D eigenvalue weighted by Gasteiger charge is -2.56. The van der Waals surface area contributed by atoms with E-state index in [2.05, 4.69) is 16.0 Å². The van der Waals surface area contributed by atoms with Gasteiger partial charge in [0.1, 0.15) is 6.04 Å². The highest BCUT2D eigenvalue weighted by molar-refractivity contribution is 5.89. The molecule has 6 nitrogen and oxygen atoms in total. The fraction of sp³-hybridized carbons (Fsp3) is 0.842. The smallest absolute Gasteiger partial charge is 0.242 e. The molecular formula is C19H31N3O3. The molecule has 0 radical (unpaired) electrons. The van der Waals surface area contributed by atoms with E-state index in [1.165, 1.54) is 38.5 Å². The van der Waals surface area contributed by atoms with Crippen molar-refractivity contribution in [1.82, 2.24) is 16.0 Å². The van der Waals surface area contributed by atoms with Crippen LogP contribution in [0.5, 0.6) is 0 Å². The highest BCUT2D eigenvalue weighted by atomic mass is 16.2. The standard InChI is InChI=1S/C19H31N3O3/c1-3-20-18(25)12(2)22-17(24)11-21-16(23)10-19-7-13-4-14(8-19)6-15(5-13)9-19/h12-15H,3-11H2,1-2H3,(H,20,25)(H,21,23)(H,22,24)/t12-,13?,14?,15?,19?/m0/s1. The molecule has 0 aromatic carbocycles. The van der Waals surface area contributed by atoms with Crippen molar-refractivity contribution in [3.63, 3.8) is 0 Å². The average Bonchev–Trinajstić information content (AvgIpc) is 2.51. The number of rotatable bonds is 7. The quantitative estimate of drug-likeness (QED) is 0.648. The number of carbonyl (C=O) groups excluding carboxylic acids is 3. The van der Waals surface area contributed by atoms with E-state index in [4.69, 9.17) is 0 Å². The summed E-state index contributed by atoms with van der Waals surface area (Å²) in [6.45, 7) is 3.94. The van der Waals surface area contributed by atoms with Gasteiger partial charge in [0.25, 0.3) is 0 Å². The Morgan fingerprint density at radius 3 is 2.04 bits per heavy atom. The summed E-state index contributed by atoms with van der Waals surface area (Å²) in [4.78, 5) is 35.9. The van der Waals surface area contributed by atoms with Crippen molar-refractivity contribution in [3.05, 3.63) is 0 Å². The Labute approximate surface area is 149 Å². The topological polar surface area (TPSA) is 87.3 Å². The molecule has 0 aromatic rings. The zero-order valence-corrected chi connectivity index (χ0v) is 15.4. The van der Waals surface area contributed by atoms with Crippen molar-refractivity contribution >= 4 is 17.7 Å². The first kappa shape index (κ1) is 18.2. The van der Waals surface area contributed by atoms with Gasteiger partial charge in [0.05, 0.1) is 6.54 Å². The van der Waals surface area contributed by atoms with Crippen LogP contribution in [0, 0.1) is 23.2 Å². The highest BCUT2D eigenvalue weighted by Gasteiger charge is 2.51. The van der Waals surface area contributed by atoms with Gasteiger partial charge in [-0.3, -0.25) is 14.4 Å². The van der Waals surface area contributed by atoms with E-state index >= 15 is 0 Å². The SMILES string of the molecule is CCNC(=O)[C@H](C)NC(=O)CNC(=O)CC12CC3CC(CC(C3)C1)C2. The predicted octanol–water partition coefficient (Wildman–Crippen LogP) is 1.35. The first-order valence-electron chi connectivity index (χ1n) is 9.73. The molecule has 6 heteroatoms. The zero-order chi connectivity index (χ0) is 18.0. The van der Waals surface area contributed by atoms with Gasteiger partial charge in [0.2, 0.25) is 17.7 Å². The lowest BCUT2D eigenvalue weighted by molar-refractivity contribution is -0.132. The van der Waals surface area contributed by atoms with Crippen LogP contribution in [0.15, 0.2) is 0 Å². The van der Waals surface area contributed by atoms with E-state index in [1.54, 1.807) is 6.92 Å². The molecule has 4 aliphatic rings. The monoisotopic (exact) mass is 349 g/mol. The Morgan fingerprint density at radius 2 is 1.52 bits per heavy atom. The van der Waals surface area contributed by atoms with Crippen molar-refractivity contribution in [2.75, 3.05) is 13.1 Å². The molecule has 0 aromatic heterocycles. The molecule has 0 aliphatic heterocycles. The first-order chi connectivity index (χ1) is 11.9. The average molecular weight is 349 g/mol. The van der Waals surface area contributed by atoms with Crippen LogP contribution in [0.25, 0.3) is 0 Å². The second kappa shape index (κ2) is 7.34. The third-order valence-electron chi connectivity index (χ3n) is 6.27. The van der Waals surface area contributed by atoms with Crippen molar-refractivity contribution in [2.24, 2.45) is 23.2 Å². The molecule has 0 saturated heterocycles. The summed E-state index contributed by atoms with van der Waals surface area (Å²) in [5.74, 6) is 1.90. The normalized spacial score (nSPS) is 33.6. The van der Waals surface area contributed by atoms with E-state index in [0.717, 1.165) is 17.8 Å². The van der Waals surface area contributed by atoms with Crippen LogP contribution >= 0.6 is 0 Å². The number of amides is 3. The molecule has 3 N–H and O–H groups in total. The van der Waals surface area contributed by atoms with Crippen molar-refractivity contribution in [2.45, 2.75) is 64.8 Å². The second-order valence-corrected chi connectivity index (χ2v) is 8.55. The van der Waals surface area contributed by atoms with Gasteiger partial charge in [-0.2, -0.15) is 0 Å². The maximum absolute atomic E-state index is 12.4. The molecule has 4 aliphatic carbocycles. The summed E-state index contributed by atoms with van der Waals surface area (Å²) >= 11 is 0. The summed E-state index contributed by atoms with van der Waals surface area (Å²) in [6.07, 6.45) is 8.20. The lowest BCUT2D eigenvalue weighted by Crippen LogP contribution is -2.50. The van der Waals surface area contributed by atoms with Crippen LogP contribution in [0.4, 0.5) is 0 Å². The number of hydrogen-bond donors (Lipinski definition) is 3. The van der Waals surface area contributed by atoms with Gasteiger partial charge < -0.3 is 16.0 Å². The van der Waals surface area contributed by atoms with Crippen LogP contribution in [-0.2, 0) is 14.4 Å². The fourth-order valence-electron chi connectivity index (χ4n) is 5.77. The van der Waals surface area contributed by atoms with E-state index in [1.807, 2.05) is 6.92 Å². The molecule has 4 bridgehead atoms. The molecular weight excluding hydrogens is 318 g/mol. The van der Waals surface area contributed by atoms with Crippen LogP contribution in [0.3, 0.4) is 0 Å². The second-order valence-electron chi connectivity index (χ2n) is 8.55. The number of likely N-dealkylation sites (N-methyl/N-ethyl adjacent to an activating group) is 1. The molecule has 1 atom stereocenters. The third kappa shape index (κ3) is 4.33. The van der Waals surface area contributed by atoms with E-state index in [0.29, 0.717) is 13.0 Å². The van der Waals surface area contributed by atoms with Crippen LogP contribution < -0.4 is 16.0 Å². The van der Waals surface area contributed by atoms with Gasteiger partial charge >= 0.3 is 0 Å².